The van der Waals surface area contributed by atoms with Gasteiger partial charge < -0.3 is 10.6 Å². The van der Waals surface area contributed by atoms with Gasteiger partial charge in [0.1, 0.15) is 0 Å². The molecule has 2 aromatic heterocycles. The minimum atomic E-state index is -0.267. The molecule has 0 radical (unpaired) electrons. The number of hydrogen-bond acceptors (Lipinski definition) is 3. The Kier molecular flexibility index (Phi) is 4.33. The molecule has 0 aliphatic heterocycles. The Morgan fingerprint density at radius 1 is 1.00 bits per heavy atom. The van der Waals surface area contributed by atoms with E-state index in [1.165, 1.54) is 0 Å². The molecule has 2 amide bonds. The van der Waals surface area contributed by atoms with Crippen molar-refractivity contribution in [3.05, 3.63) is 72.1 Å². The molecule has 0 unspecified atom stereocenters. The number of nitrogens with zero attached hydrogens (tertiary/aromatic N) is 2. The predicted octanol–water partition coefficient (Wildman–Crippen LogP) is 1.38. The maximum Gasteiger partial charge on any atom is 0.251 e. The van der Waals surface area contributed by atoms with Crippen molar-refractivity contribution >= 4 is 17.3 Å². The maximum absolute atomic E-state index is 11.9. The molecule has 0 fully saturated rings. The summed E-state index contributed by atoms with van der Waals surface area (Å²) < 4.78 is 1.75. The maximum atomic E-state index is 11.9. The summed E-state index contributed by atoms with van der Waals surface area (Å²) in [6.45, 7) is 0.306. The number of rotatable bonds is 5. The average Bonchev–Trinajstić information content (AvgIpc) is 3.02. The van der Waals surface area contributed by atoms with Crippen molar-refractivity contribution in [2.24, 2.45) is 0 Å². The quantitative estimate of drug-likeness (QED) is 0.748. The van der Waals surface area contributed by atoms with Gasteiger partial charge in [0.25, 0.3) is 5.91 Å². The Bertz CT molecular complexity index is 827. The summed E-state index contributed by atoms with van der Waals surface area (Å²) in [5, 5.41) is 9.58. The molecule has 116 valence electrons. The minimum Gasteiger partial charge on any atom is -0.350 e. The van der Waals surface area contributed by atoms with Crippen LogP contribution in [-0.4, -0.2) is 28.0 Å². The molecule has 23 heavy (non-hydrogen) atoms. The van der Waals surface area contributed by atoms with Crippen LogP contribution in [0.3, 0.4) is 0 Å². The molecule has 0 aliphatic rings. The monoisotopic (exact) mass is 308 g/mol. The molecule has 1 aromatic carbocycles. The van der Waals surface area contributed by atoms with Crippen molar-refractivity contribution in [2.75, 3.05) is 6.54 Å². The van der Waals surface area contributed by atoms with Gasteiger partial charge in [-0.25, -0.2) is 4.52 Å². The molecule has 6 heteroatoms. The van der Waals surface area contributed by atoms with Gasteiger partial charge in [-0.1, -0.05) is 24.3 Å². The topological polar surface area (TPSA) is 75.5 Å². The number of aromatic nitrogens is 2. The van der Waals surface area contributed by atoms with Crippen molar-refractivity contribution < 1.29 is 9.59 Å². The van der Waals surface area contributed by atoms with Crippen LogP contribution in [0.1, 0.15) is 15.9 Å². The first-order chi connectivity index (χ1) is 11.2. The van der Waals surface area contributed by atoms with Crippen molar-refractivity contribution in [3.63, 3.8) is 0 Å². The van der Waals surface area contributed by atoms with Crippen LogP contribution in [0.15, 0.2) is 60.9 Å². The molecular weight excluding hydrogens is 292 g/mol. The van der Waals surface area contributed by atoms with E-state index in [4.69, 9.17) is 0 Å². The highest BCUT2D eigenvalue weighted by atomic mass is 16.2. The van der Waals surface area contributed by atoms with Crippen LogP contribution >= 0.6 is 0 Å². The molecule has 0 saturated carbocycles. The molecule has 3 aromatic rings. The number of pyridine rings is 1. The molecule has 0 atom stereocenters. The lowest BCUT2D eigenvalue weighted by Crippen LogP contribution is -2.36. The van der Waals surface area contributed by atoms with Crippen molar-refractivity contribution in [3.8, 4) is 0 Å². The summed E-state index contributed by atoms with van der Waals surface area (Å²) in [5.41, 5.74) is 2.40. The summed E-state index contributed by atoms with van der Waals surface area (Å²) in [4.78, 5) is 23.7. The number of carbonyl (C=O) groups is 2. The van der Waals surface area contributed by atoms with E-state index in [9.17, 15) is 9.59 Å². The first-order valence-corrected chi connectivity index (χ1v) is 7.25. The van der Waals surface area contributed by atoms with Gasteiger partial charge in [-0.3, -0.25) is 9.59 Å². The molecule has 2 heterocycles. The molecule has 2 N–H and O–H groups in total. The fourth-order valence-corrected chi connectivity index (χ4v) is 2.23. The number of carbonyl (C=O) groups excluding carboxylic acids is 2. The molecule has 0 saturated heterocycles. The van der Waals surface area contributed by atoms with Gasteiger partial charge in [-0.15, -0.1) is 0 Å². The molecular formula is C17H16N4O2. The van der Waals surface area contributed by atoms with E-state index in [-0.39, 0.29) is 18.4 Å². The summed E-state index contributed by atoms with van der Waals surface area (Å²) in [6.07, 6.45) is 3.57. The number of amides is 2. The second-order valence-corrected chi connectivity index (χ2v) is 5.03. The zero-order valence-electron chi connectivity index (χ0n) is 12.4. The Morgan fingerprint density at radius 3 is 2.61 bits per heavy atom. The Hall–Kier alpha value is -3.15. The van der Waals surface area contributed by atoms with Crippen LogP contribution in [0, 0.1) is 0 Å². The van der Waals surface area contributed by atoms with Crippen molar-refractivity contribution in [1.82, 2.24) is 20.2 Å². The van der Waals surface area contributed by atoms with Gasteiger partial charge in [0.2, 0.25) is 5.91 Å². The second-order valence-electron chi connectivity index (χ2n) is 5.03. The molecule has 6 nitrogen and oxygen atoms in total. The van der Waals surface area contributed by atoms with E-state index in [1.54, 1.807) is 35.0 Å². The molecule has 0 aliphatic carbocycles. The first kappa shape index (κ1) is 14.8. The van der Waals surface area contributed by atoms with E-state index < -0.39 is 0 Å². The normalized spacial score (nSPS) is 10.4. The fourth-order valence-electron chi connectivity index (χ4n) is 2.23. The Balaban J connectivity index is 1.51. The van der Waals surface area contributed by atoms with Gasteiger partial charge in [-0.2, -0.15) is 5.10 Å². The smallest absolute Gasteiger partial charge is 0.251 e. The third-order valence-corrected chi connectivity index (χ3v) is 3.43. The number of nitrogens with one attached hydrogen (secondary N) is 2. The van der Waals surface area contributed by atoms with Crippen LogP contribution in [0.5, 0.6) is 0 Å². The molecule has 0 bridgehead atoms. The highest BCUT2D eigenvalue weighted by Crippen LogP contribution is 2.09. The molecule has 3 rings (SSSR count). The fraction of sp³-hybridized carbons (Fsp3) is 0.118. The van der Waals surface area contributed by atoms with Crippen LogP contribution in [0.4, 0.5) is 0 Å². The third-order valence-electron chi connectivity index (χ3n) is 3.43. The lowest BCUT2D eigenvalue weighted by atomic mass is 10.2. The standard InChI is InChI=1S/C17H16N4O2/c22-16(12-19-17(23)13-6-2-1-3-7-13)18-10-14-11-20-21-9-5-4-8-15(14)21/h1-9,11H,10,12H2,(H,18,22)(H,19,23). The molecule has 0 spiro atoms. The van der Waals surface area contributed by atoms with E-state index in [0.29, 0.717) is 12.1 Å². The van der Waals surface area contributed by atoms with Gasteiger partial charge in [-0.05, 0) is 24.3 Å². The van der Waals surface area contributed by atoms with Crippen LogP contribution in [-0.2, 0) is 11.3 Å². The van der Waals surface area contributed by atoms with Crippen LogP contribution < -0.4 is 10.6 Å². The highest BCUT2D eigenvalue weighted by Gasteiger charge is 2.08. The Labute approximate surface area is 133 Å². The minimum absolute atomic E-state index is 0.0626. The van der Waals surface area contributed by atoms with Gasteiger partial charge >= 0.3 is 0 Å². The zero-order chi connectivity index (χ0) is 16.1. The highest BCUT2D eigenvalue weighted by molar-refractivity contribution is 5.96. The number of fused-ring (bicyclic) bond motifs is 1. The van der Waals surface area contributed by atoms with Crippen LogP contribution in [0.2, 0.25) is 0 Å². The van der Waals surface area contributed by atoms with Crippen molar-refractivity contribution in [1.29, 1.82) is 0 Å². The predicted molar refractivity (Wildman–Crippen MR) is 85.8 cm³/mol. The van der Waals surface area contributed by atoms with E-state index >= 15 is 0 Å². The van der Waals surface area contributed by atoms with E-state index in [1.807, 2.05) is 30.5 Å². The lowest BCUT2D eigenvalue weighted by Gasteiger charge is -2.06. The van der Waals surface area contributed by atoms with Gasteiger partial charge in [0.05, 0.1) is 18.3 Å². The van der Waals surface area contributed by atoms with Gasteiger partial charge in [0.15, 0.2) is 0 Å². The van der Waals surface area contributed by atoms with Gasteiger partial charge in [0, 0.05) is 23.9 Å². The summed E-state index contributed by atoms with van der Waals surface area (Å²) in [5.74, 6) is -0.513. The van der Waals surface area contributed by atoms with Crippen molar-refractivity contribution in [2.45, 2.75) is 6.54 Å². The number of benzene rings is 1. The summed E-state index contributed by atoms with van der Waals surface area (Å²) in [6, 6.07) is 14.5. The second kappa shape index (κ2) is 6.74. The lowest BCUT2D eigenvalue weighted by molar-refractivity contribution is -0.120. The third kappa shape index (κ3) is 3.55. The number of hydrogen-bond donors (Lipinski definition) is 2. The SMILES string of the molecule is O=C(CNC(=O)c1ccccc1)NCc1cnn2ccccc12. The Morgan fingerprint density at radius 2 is 1.78 bits per heavy atom. The average molecular weight is 308 g/mol. The largest absolute Gasteiger partial charge is 0.350 e. The summed E-state index contributed by atoms with van der Waals surface area (Å²) >= 11 is 0. The zero-order valence-corrected chi connectivity index (χ0v) is 12.4. The van der Waals surface area contributed by atoms with Crippen LogP contribution in [0.25, 0.3) is 5.52 Å². The van der Waals surface area contributed by atoms with E-state index in [2.05, 4.69) is 15.7 Å². The first-order valence-electron chi connectivity index (χ1n) is 7.25. The summed E-state index contributed by atoms with van der Waals surface area (Å²) in [7, 11) is 0. The van der Waals surface area contributed by atoms with E-state index in [0.717, 1.165) is 11.1 Å².